The Labute approximate surface area is 210 Å². The Kier molecular flexibility index (Phi) is 4.76. The van der Waals surface area contributed by atoms with Gasteiger partial charge in [0.2, 0.25) is 11.8 Å². The van der Waals surface area contributed by atoms with Crippen molar-refractivity contribution in [3.8, 4) is 11.1 Å². The highest BCUT2D eigenvalue weighted by Crippen LogP contribution is 2.47. The Morgan fingerprint density at radius 2 is 1.83 bits per heavy atom. The summed E-state index contributed by atoms with van der Waals surface area (Å²) in [6, 6.07) is 12.8. The Bertz CT molecular complexity index is 1230. The van der Waals surface area contributed by atoms with E-state index >= 15 is 0 Å². The molecule has 182 valence electrons. The van der Waals surface area contributed by atoms with Gasteiger partial charge in [0.05, 0.1) is 5.69 Å². The number of amides is 2. The molecule has 2 aromatic carbocycles. The number of carbonyl (C=O) groups excluding carboxylic acids is 2. The maximum Gasteiger partial charge on any atom is 0.244 e. The van der Waals surface area contributed by atoms with Crippen LogP contribution in [-0.2, 0) is 9.59 Å². The van der Waals surface area contributed by atoms with Gasteiger partial charge in [0, 0.05) is 37.0 Å². The number of rotatable bonds is 5. The SMILES string of the molecule is Cc1cc(-c2ccc3c(c2)C(Cl)NN3)ccc1C1NC2(CC2)C(=O)N1CC1CN(C(=O)C2CC2)C1. The third-order valence-corrected chi connectivity index (χ3v) is 8.70. The number of hydrazine groups is 1. The molecule has 2 amide bonds. The minimum atomic E-state index is -0.377. The van der Waals surface area contributed by atoms with Gasteiger partial charge in [-0.3, -0.25) is 14.9 Å². The fourth-order valence-corrected chi connectivity index (χ4v) is 6.12. The normalized spacial score (nSPS) is 26.6. The minimum Gasteiger partial charge on any atom is -0.342 e. The molecule has 3 N–H and O–H groups in total. The highest BCUT2D eigenvalue weighted by Gasteiger charge is 2.60. The highest BCUT2D eigenvalue weighted by molar-refractivity contribution is 6.21. The molecule has 7 rings (SSSR count). The van der Waals surface area contributed by atoms with Crippen molar-refractivity contribution < 1.29 is 9.59 Å². The molecule has 35 heavy (non-hydrogen) atoms. The van der Waals surface area contributed by atoms with E-state index < -0.39 is 0 Å². The Morgan fingerprint density at radius 1 is 1.09 bits per heavy atom. The van der Waals surface area contributed by atoms with Crippen molar-refractivity contribution in [1.29, 1.82) is 0 Å². The van der Waals surface area contributed by atoms with Crippen LogP contribution in [0.4, 0.5) is 5.69 Å². The maximum absolute atomic E-state index is 13.4. The number of carbonyl (C=O) groups is 2. The van der Waals surface area contributed by atoms with Crippen LogP contribution < -0.4 is 16.2 Å². The molecule has 2 saturated carbocycles. The van der Waals surface area contributed by atoms with Gasteiger partial charge in [-0.1, -0.05) is 35.9 Å². The molecule has 3 heterocycles. The number of alkyl halides is 1. The van der Waals surface area contributed by atoms with Gasteiger partial charge in [-0.05, 0) is 67.0 Å². The van der Waals surface area contributed by atoms with E-state index in [2.05, 4.69) is 59.5 Å². The predicted octanol–water partition coefficient (Wildman–Crippen LogP) is 3.66. The van der Waals surface area contributed by atoms with E-state index in [0.29, 0.717) is 18.4 Å². The van der Waals surface area contributed by atoms with E-state index in [1.54, 1.807) is 0 Å². The summed E-state index contributed by atoms with van der Waals surface area (Å²) in [5, 5.41) is 3.67. The fraction of sp³-hybridized carbons (Fsp3) is 0.481. The third-order valence-electron chi connectivity index (χ3n) is 8.35. The first-order valence-electron chi connectivity index (χ1n) is 12.7. The fourth-order valence-electron chi connectivity index (χ4n) is 5.89. The first-order valence-corrected chi connectivity index (χ1v) is 13.1. The summed E-state index contributed by atoms with van der Waals surface area (Å²) in [5.74, 6) is 1.16. The molecule has 0 aromatic heterocycles. The standard InChI is InChI=1S/C27H30ClN5O2/c1-15-10-18(19-5-7-22-21(11-19)23(28)31-30-22)4-6-20(15)24-29-27(8-9-27)26(35)33(24)14-16-12-32(13-16)25(34)17-2-3-17/h4-7,10-11,16-17,23-24,29-31H,2-3,8-9,12-14H2,1H3. The number of fused-ring (bicyclic) bond motifs is 1. The average Bonchev–Trinajstić information content (AvgIpc) is 3.75. The second-order valence-corrected chi connectivity index (χ2v) is 11.4. The molecule has 2 unspecified atom stereocenters. The molecular weight excluding hydrogens is 462 g/mol. The number of benzene rings is 2. The van der Waals surface area contributed by atoms with E-state index in [9.17, 15) is 9.59 Å². The lowest BCUT2D eigenvalue weighted by molar-refractivity contribution is -0.140. The number of anilines is 1. The number of hydrogen-bond donors (Lipinski definition) is 3. The van der Waals surface area contributed by atoms with Crippen LogP contribution in [0.25, 0.3) is 11.1 Å². The van der Waals surface area contributed by atoms with Gasteiger partial charge in [-0.15, -0.1) is 0 Å². The van der Waals surface area contributed by atoms with Gasteiger partial charge >= 0.3 is 0 Å². The predicted molar refractivity (Wildman–Crippen MR) is 134 cm³/mol. The molecule has 8 heteroatoms. The summed E-state index contributed by atoms with van der Waals surface area (Å²) in [6.07, 6.45) is 3.78. The zero-order chi connectivity index (χ0) is 23.9. The van der Waals surface area contributed by atoms with E-state index in [-0.39, 0.29) is 29.0 Å². The lowest BCUT2D eigenvalue weighted by Gasteiger charge is -2.42. The topological polar surface area (TPSA) is 76.7 Å². The zero-order valence-electron chi connectivity index (χ0n) is 19.8. The number of nitrogens with zero attached hydrogens (tertiary/aromatic N) is 2. The Morgan fingerprint density at radius 3 is 2.54 bits per heavy atom. The van der Waals surface area contributed by atoms with Gasteiger partial charge in [0.25, 0.3) is 0 Å². The molecule has 1 spiro atoms. The molecule has 2 saturated heterocycles. The molecule has 7 nitrogen and oxygen atoms in total. The van der Waals surface area contributed by atoms with Crippen LogP contribution in [0, 0.1) is 18.8 Å². The monoisotopic (exact) mass is 491 g/mol. The Balaban J connectivity index is 1.12. The minimum absolute atomic E-state index is 0.118. The number of aryl methyl sites for hydroxylation is 1. The van der Waals surface area contributed by atoms with Crippen LogP contribution in [-0.4, -0.2) is 46.8 Å². The molecule has 4 fully saturated rings. The van der Waals surface area contributed by atoms with E-state index in [4.69, 9.17) is 11.6 Å². The van der Waals surface area contributed by atoms with Crippen molar-refractivity contribution in [3.63, 3.8) is 0 Å². The summed E-state index contributed by atoms with van der Waals surface area (Å²) in [5.41, 5.74) is 12.1. The van der Waals surface area contributed by atoms with Crippen molar-refractivity contribution in [2.75, 3.05) is 25.1 Å². The number of halogens is 1. The van der Waals surface area contributed by atoms with Crippen molar-refractivity contribution in [1.82, 2.24) is 20.5 Å². The highest BCUT2D eigenvalue weighted by atomic mass is 35.5. The summed E-state index contributed by atoms with van der Waals surface area (Å²) < 4.78 is 0. The zero-order valence-corrected chi connectivity index (χ0v) is 20.6. The van der Waals surface area contributed by atoms with Gasteiger partial charge in [-0.25, -0.2) is 5.43 Å². The summed E-state index contributed by atoms with van der Waals surface area (Å²) >= 11 is 6.37. The van der Waals surface area contributed by atoms with Gasteiger partial charge in [0.1, 0.15) is 17.2 Å². The molecule has 5 aliphatic rings. The largest absolute Gasteiger partial charge is 0.342 e. The lowest BCUT2D eigenvalue weighted by Crippen LogP contribution is -2.55. The van der Waals surface area contributed by atoms with Gasteiger partial charge in [-0.2, -0.15) is 0 Å². The first kappa shape index (κ1) is 21.7. The number of hydrogen-bond acceptors (Lipinski definition) is 5. The molecule has 0 bridgehead atoms. The molecule has 2 atom stereocenters. The number of nitrogens with one attached hydrogen (secondary N) is 3. The van der Waals surface area contributed by atoms with Crippen molar-refractivity contribution >= 4 is 29.1 Å². The maximum atomic E-state index is 13.4. The van der Waals surface area contributed by atoms with Crippen molar-refractivity contribution in [2.24, 2.45) is 11.8 Å². The average molecular weight is 492 g/mol. The van der Waals surface area contributed by atoms with Crippen LogP contribution in [0.15, 0.2) is 36.4 Å². The molecule has 2 aliphatic carbocycles. The second-order valence-electron chi connectivity index (χ2n) is 11.0. The third kappa shape index (κ3) is 3.55. The van der Waals surface area contributed by atoms with E-state index in [0.717, 1.165) is 72.3 Å². The molecular formula is C27H30ClN5O2. The summed E-state index contributed by atoms with van der Waals surface area (Å²) in [7, 11) is 0. The van der Waals surface area contributed by atoms with Crippen molar-refractivity contribution in [3.05, 3.63) is 53.1 Å². The summed E-state index contributed by atoms with van der Waals surface area (Å²) in [6.45, 7) is 4.39. The van der Waals surface area contributed by atoms with Crippen LogP contribution in [0.3, 0.4) is 0 Å². The van der Waals surface area contributed by atoms with E-state index in [1.165, 1.54) is 0 Å². The van der Waals surface area contributed by atoms with Gasteiger partial charge < -0.3 is 15.2 Å². The number of likely N-dealkylation sites (tertiary alicyclic amines) is 1. The van der Waals surface area contributed by atoms with Crippen LogP contribution in [0.2, 0.25) is 0 Å². The van der Waals surface area contributed by atoms with Crippen molar-refractivity contribution in [2.45, 2.75) is 49.8 Å². The smallest absolute Gasteiger partial charge is 0.244 e. The van der Waals surface area contributed by atoms with Gasteiger partial charge in [0.15, 0.2) is 0 Å². The molecule has 0 radical (unpaired) electrons. The first-order chi connectivity index (χ1) is 16.9. The van der Waals surface area contributed by atoms with Crippen LogP contribution in [0.5, 0.6) is 0 Å². The summed E-state index contributed by atoms with van der Waals surface area (Å²) in [4.78, 5) is 29.7. The molecule has 2 aromatic rings. The Hall–Kier alpha value is -2.61. The van der Waals surface area contributed by atoms with E-state index in [1.807, 2.05) is 9.80 Å². The lowest BCUT2D eigenvalue weighted by atomic mass is 9.95. The van der Waals surface area contributed by atoms with Crippen LogP contribution >= 0.6 is 11.6 Å². The quantitative estimate of drug-likeness (QED) is 0.439. The van der Waals surface area contributed by atoms with Crippen LogP contribution in [0.1, 0.15) is 54.0 Å². The molecule has 3 aliphatic heterocycles. The second kappa shape index (κ2) is 7.69.